The Balaban J connectivity index is 1.65. The van der Waals surface area contributed by atoms with Crippen LogP contribution in [0.25, 0.3) is 0 Å². The number of para-hydroxylation sites is 1. The Morgan fingerprint density at radius 3 is 2.56 bits per heavy atom. The van der Waals surface area contributed by atoms with Crippen molar-refractivity contribution in [3.8, 4) is 5.75 Å². The molecule has 27 heavy (non-hydrogen) atoms. The van der Waals surface area contributed by atoms with Crippen molar-refractivity contribution < 1.29 is 9.47 Å². The van der Waals surface area contributed by atoms with E-state index in [1.165, 1.54) is 16.7 Å². The third-order valence-corrected chi connectivity index (χ3v) is 4.70. The van der Waals surface area contributed by atoms with E-state index >= 15 is 0 Å². The summed E-state index contributed by atoms with van der Waals surface area (Å²) in [7, 11) is 3.51. The van der Waals surface area contributed by atoms with Gasteiger partial charge in [0.15, 0.2) is 5.96 Å². The van der Waals surface area contributed by atoms with Gasteiger partial charge in [-0.15, -0.1) is 0 Å². The van der Waals surface area contributed by atoms with E-state index in [0.29, 0.717) is 13.2 Å². The smallest absolute Gasteiger partial charge is 0.191 e. The van der Waals surface area contributed by atoms with Crippen LogP contribution in [0.15, 0.2) is 53.5 Å². The number of methoxy groups -OCH3 is 1. The lowest BCUT2D eigenvalue weighted by Crippen LogP contribution is -2.45. The fourth-order valence-corrected chi connectivity index (χ4v) is 3.40. The Bertz CT molecular complexity index is 784. The second-order valence-corrected chi connectivity index (χ2v) is 7.48. The summed E-state index contributed by atoms with van der Waals surface area (Å²) in [5, 5.41) is 6.97. The first-order chi connectivity index (χ1) is 13.0. The van der Waals surface area contributed by atoms with Gasteiger partial charge < -0.3 is 20.1 Å². The minimum Gasteiger partial charge on any atom is -0.487 e. The molecule has 2 aromatic carbocycles. The summed E-state index contributed by atoms with van der Waals surface area (Å²) in [6, 6.07) is 16.8. The van der Waals surface area contributed by atoms with Crippen LogP contribution >= 0.6 is 0 Å². The van der Waals surface area contributed by atoms with Crippen molar-refractivity contribution in [1.29, 1.82) is 0 Å². The highest BCUT2D eigenvalue weighted by Gasteiger charge is 2.33. The molecule has 1 aliphatic rings. The summed E-state index contributed by atoms with van der Waals surface area (Å²) in [6.45, 7) is 5.59. The third-order valence-electron chi connectivity index (χ3n) is 4.70. The van der Waals surface area contributed by atoms with Crippen LogP contribution in [0.1, 0.15) is 43.0 Å². The molecule has 3 rings (SSSR count). The molecule has 0 aliphatic carbocycles. The van der Waals surface area contributed by atoms with Gasteiger partial charge >= 0.3 is 0 Å². The second-order valence-electron chi connectivity index (χ2n) is 7.48. The van der Waals surface area contributed by atoms with Gasteiger partial charge in [0.1, 0.15) is 11.4 Å². The molecule has 0 radical (unpaired) electrons. The zero-order chi connectivity index (χ0) is 19.3. The SMILES string of the molecule is CN=C(NCc1ccc(COC)cc1)NC1CC(C)(C)Oc2ccccc21. The molecular formula is C22H29N3O2. The predicted octanol–water partition coefficient (Wildman–Crippen LogP) is 3.80. The molecule has 0 spiro atoms. The van der Waals surface area contributed by atoms with Crippen LogP contribution < -0.4 is 15.4 Å². The van der Waals surface area contributed by atoms with Crippen molar-refractivity contribution in [3.05, 3.63) is 65.2 Å². The first-order valence-corrected chi connectivity index (χ1v) is 9.32. The maximum absolute atomic E-state index is 6.11. The van der Waals surface area contributed by atoms with E-state index in [-0.39, 0.29) is 11.6 Å². The standard InChI is InChI=1S/C22H29N3O2/c1-22(2)13-19(18-7-5-6-8-20(18)27-22)25-21(23-3)24-14-16-9-11-17(12-10-16)15-26-4/h5-12,19H,13-15H2,1-4H3,(H2,23,24,25). The molecule has 1 atom stereocenters. The normalized spacial score (nSPS) is 18.4. The highest BCUT2D eigenvalue weighted by molar-refractivity contribution is 5.80. The highest BCUT2D eigenvalue weighted by atomic mass is 16.5. The number of aliphatic imine (C=N–C) groups is 1. The van der Waals surface area contributed by atoms with Crippen molar-refractivity contribution in [3.63, 3.8) is 0 Å². The number of benzene rings is 2. The Morgan fingerprint density at radius 1 is 1.15 bits per heavy atom. The molecule has 0 bridgehead atoms. The largest absolute Gasteiger partial charge is 0.487 e. The molecule has 5 heteroatoms. The Morgan fingerprint density at radius 2 is 1.85 bits per heavy atom. The number of guanidine groups is 1. The fraction of sp³-hybridized carbons (Fsp3) is 0.409. The van der Waals surface area contributed by atoms with Gasteiger partial charge in [0.05, 0.1) is 12.6 Å². The van der Waals surface area contributed by atoms with Crippen molar-refractivity contribution in [2.24, 2.45) is 4.99 Å². The minimum atomic E-state index is -0.220. The summed E-state index contributed by atoms with van der Waals surface area (Å²) in [6.07, 6.45) is 0.871. The van der Waals surface area contributed by atoms with Gasteiger partial charge in [-0.25, -0.2) is 0 Å². The number of rotatable bonds is 5. The maximum atomic E-state index is 6.11. The van der Waals surface area contributed by atoms with Gasteiger partial charge in [-0.05, 0) is 31.0 Å². The van der Waals surface area contributed by atoms with Crippen molar-refractivity contribution in [2.75, 3.05) is 14.2 Å². The van der Waals surface area contributed by atoms with Gasteiger partial charge in [-0.3, -0.25) is 4.99 Å². The van der Waals surface area contributed by atoms with E-state index in [0.717, 1.165) is 18.1 Å². The molecule has 5 nitrogen and oxygen atoms in total. The summed E-state index contributed by atoms with van der Waals surface area (Å²) in [4.78, 5) is 4.40. The van der Waals surface area contributed by atoms with Crippen molar-refractivity contribution >= 4 is 5.96 Å². The van der Waals surface area contributed by atoms with E-state index in [1.807, 2.05) is 18.2 Å². The van der Waals surface area contributed by atoms with Crippen LogP contribution in [-0.4, -0.2) is 25.7 Å². The molecule has 2 N–H and O–H groups in total. The first-order valence-electron chi connectivity index (χ1n) is 9.32. The number of fused-ring (bicyclic) bond motifs is 1. The third kappa shape index (κ3) is 5.01. The average Bonchev–Trinajstić information content (AvgIpc) is 2.65. The fourth-order valence-electron chi connectivity index (χ4n) is 3.40. The lowest BCUT2D eigenvalue weighted by Gasteiger charge is -2.38. The minimum absolute atomic E-state index is 0.153. The Hall–Kier alpha value is -2.53. The van der Waals surface area contributed by atoms with E-state index in [4.69, 9.17) is 9.47 Å². The second kappa shape index (κ2) is 8.44. The van der Waals surface area contributed by atoms with Gasteiger partial charge in [-0.2, -0.15) is 0 Å². The molecule has 1 unspecified atom stereocenters. The summed E-state index contributed by atoms with van der Waals surface area (Å²) in [5.74, 6) is 1.73. The van der Waals surface area contributed by atoms with E-state index < -0.39 is 0 Å². The van der Waals surface area contributed by atoms with Gasteiger partial charge in [0, 0.05) is 32.7 Å². The summed E-state index contributed by atoms with van der Waals surface area (Å²) in [5.41, 5.74) is 3.32. The van der Waals surface area contributed by atoms with Crippen molar-refractivity contribution in [2.45, 2.75) is 45.1 Å². The maximum Gasteiger partial charge on any atom is 0.191 e. The van der Waals surface area contributed by atoms with Crippen molar-refractivity contribution in [1.82, 2.24) is 10.6 Å². The van der Waals surface area contributed by atoms with Gasteiger partial charge in [0.2, 0.25) is 0 Å². The van der Waals surface area contributed by atoms with Crippen LogP contribution in [0.4, 0.5) is 0 Å². The van der Waals surface area contributed by atoms with Crippen LogP contribution in [0.3, 0.4) is 0 Å². The van der Waals surface area contributed by atoms with E-state index in [2.05, 4.69) is 59.8 Å². The zero-order valence-electron chi connectivity index (χ0n) is 16.6. The first kappa shape index (κ1) is 19.2. The van der Waals surface area contributed by atoms with Crippen LogP contribution in [0, 0.1) is 0 Å². The van der Waals surface area contributed by atoms with Crippen LogP contribution in [0.5, 0.6) is 5.75 Å². The molecule has 1 heterocycles. The molecule has 0 fully saturated rings. The van der Waals surface area contributed by atoms with E-state index in [9.17, 15) is 0 Å². The van der Waals surface area contributed by atoms with Gasteiger partial charge in [0.25, 0.3) is 0 Å². The van der Waals surface area contributed by atoms with Gasteiger partial charge in [-0.1, -0.05) is 42.5 Å². The summed E-state index contributed by atoms with van der Waals surface area (Å²) >= 11 is 0. The monoisotopic (exact) mass is 367 g/mol. The molecule has 1 aliphatic heterocycles. The molecule has 0 amide bonds. The summed E-state index contributed by atoms with van der Waals surface area (Å²) < 4.78 is 11.3. The predicted molar refractivity (Wildman–Crippen MR) is 109 cm³/mol. The van der Waals surface area contributed by atoms with Crippen LogP contribution in [0.2, 0.25) is 0 Å². The number of nitrogens with one attached hydrogen (secondary N) is 2. The molecule has 2 aromatic rings. The molecule has 0 saturated carbocycles. The van der Waals surface area contributed by atoms with E-state index in [1.54, 1.807) is 14.2 Å². The quantitative estimate of drug-likeness (QED) is 0.623. The Kier molecular flexibility index (Phi) is 6.01. The number of ether oxygens (including phenoxy) is 2. The highest BCUT2D eigenvalue weighted by Crippen LogP contribution is 2.39. The average molecular weight is 367 g/mol. The lowest BCUT2D eigenvalue weighted by molar-refractivity contribution is 0.0694. The van der Waals surface area contributed by atoms with Crippen LogP contribution in [-0.2, 0) is 17.9 Å². The molecule has 0 saturated heterocycles. The number of nitrogens with zero attached hydrogens (tertiary/aromatic N) is 1. The topological polar surface area (TPSA) is 54.9 Å². The molecule has 144 valence electrons. The number of hydrogen-bond donors (Lipinski definition) is 2. The molecular weight excluding hydrogens is 338 g/mol. The number of hydrogen-bond acceptors (Lipinski definition) is 3. The zero-order valence-corrected chi connectivity index (χ0v) is 16.6. The Labute approximate surface area is 161 Å². The molecule has 0 aromatic heterocycles. The lowest BCUT2D eigenvalue weighted by atomic mass is 9.90.